The molecule has 0 amide bonds. The van der Waals surface area contributed by atoms with Gasteiger partial charge in [0, 0.05) is 6.08 Å². The first-order chi connectivity index (χ1) is 6.07. The first-order valence-electron chi connectivity index (χ1n) is 4.54. The van der Waals surface area contributed by atoms with Crippen molar-refractivity contribution >= 4 is 5.97 Å². The van der Waals surface area contributed by atoms with Crippen molar-refractivity contribution in [3.63, 3.8) is 0 Å². The van der Waals surface area contributed by atoms with Crippen LogP contribution in [0, 0.1) is 0 Å². The highest BCUT2D eigenvalue weighted by Gasteiger charge is 1.93. The van der Waals surface area contributed by atoms with Crippen LogP contribution in [-0.2, 0) is 9.53 Å². The molecule has 0 saturated heterocycles. The number of hydrogen-bond acceptors (Lipinski definition) is 2. The van der Waals surface area contributed by atoms with E-state index in [2.05, 4.69) is 20.8 Å². The molecule has 0 aromatic rings. The topological polar surface area (TPSA) is 26.3 Å². The molecule has 0 N–H and O–H groups in total. The Labute approximate surface area is 80.3 Å². The van der Waals surface area contributed by atoms with E-state index >= 15 is 0 Å². The van der Waals surface area contributed by atoms with Gasteiger partial charge < -0.3 is 4.74 Å². The SMILES string of the molecule is CCOC(=O)/C=C/CC(C)=C(C)C. The van der Waals surface area contributed by atoms with E-state index in [0.717, 1.165) is 6.42 Å². The fraction of sp³-hybridized carbons (Fsp3) is 0.545. The minimum absolute atomic E-state index is 0.260. The van der Waals surface area contributed by atoms with Crippen molar-refractivity contribution in [3.8, 4) is 0 Å². The van der Waals surface area contributed by atoms with E-state index in [4.69, 9.17) is 4.74 Å². The number of hydrogen-bond donors (Lipinski definition) is 0. The molecule has 2 heteroatoms. The Morgan fingerprint density at radius 1 is 1.31 bits per heavy atom. The Balaban J connectivity index is 3.89. The van der Waals surface area contributed by atoms with E-state index < -0.39 is 0 Å². The van der Waals surface area contributed by atoms with Gasteiger partial charge >= 0.3 is 5.97 Å². The van der Waals surface area contributed by atoms with Gasteiger partial charge in [0.2, 0.25) is 0 Å². The molecule has 0 fully saturated rings. The van der Waals surface area contributed by atoms with Crippen molar-refractivity contribution in [2.45, 2.75) is 34.1 Å². The molecule has 2 nitrogen and oxygen atoms in total. The van der Waals surface area contributed by atoms with Crippen LogP contribution in [0.1, 0.15) is 34.1 Å². The Bertz CT molecular complexity index is 220. The standard InChI is InChI=1S/C11H18O2/c1-5-13-11(12)8-6-7-10(4)9(2)3/h6,8H,5,7H2,1-4H3/b8-6+. The van der Waals surface area contributed by atoms with E-state index in [-0.39, 0.29) is 5.97 Å². The molecule has 13 heavy (non-hydrogen) atoms. The molecule has 0 rings (SSSR count). The molecule has 0 aromatic carbocycles. The fourth-order valence-electron chi connectivity index (χ4n) is 0.726. The highest BCUT2D eigenvalue weighted by Crippen LogP contribution is 2.07. The van der Waals surface area contributed by atoms with Gasteiger partial charge in [-0.05, 0) is 34.1 Å². The van der Waals surface area contributed by atoms with Gasteiger partial charge in [-0.25, -0.2) is 4.79 Å². The molecule has 0 heterocycles. The lowest BCUT2D eigenvalue weighted by Gasteiger charge is -1.98. The molecule has 0 unspecified atom stereocenters. The van der Waals surface area contributed by atoms with Gasteiger partial charge in [0.05, 0.1) is 6.61 Å². The average molecular weight is 182 g/mol. The largest absolute Gasteiger partial charge is 0.463 e. The van der Waals surface area contributed by atoms with Crippen LogP contribution in [0.25, 0.3) is 0 Å². The van der Waals surface area contributed by atoms with Crippen molar-refractivity contribution in [1.29, 1.82) is 0 Å². The molecule has 0 saturated carbocycles. The zero-order chi connectivity index (χ0) is 10.3. The fourth-order valence-corrected chi connectivity index (χ4v) is 0.726. The molecule has 74 valence electrons. The summed E-state index contributed by atoms with van der Waals surface area (Å²) in [5.41, 5.74) is 2.59. The van der Waals surface area contributed by atoms with Gasteiger partial charge in [0.15, 0.2) is 0 Å². The molecule has 0 aliphatic carbocycles. The van der Waals surface area contributed by atoms with Gasteiger partial charge in [-0.2, -0.15) is 0 Å². The molecule has 0 aliphatic rings. The van der Waals surface area contributed by atoms with Crippen LogP contribution in [-0.4, -0.2) is 12.6 Å². The van der Waals surface area contributed by atoms with Crippen molar-refractivity contribution in [2.75, 3.05) is 6.61 Å². The lowest BCUT2D eigenvalue weighted by Crippen LogP contribution is -1.98. The van der Waals surface area contributed by atoms with E-state index in [0.29, 0.717) is 6.61 Å². The van der Waals surface area contributed by atoms with Crippen LogP contribution in [0.15, 0.2) is 23.3 Å². The van der Waals surface area contributed by atoms with Crippen LogP contribution >= 0.6 is 0 Å². The normalized spacial score (nSPS) is 10.2. The van der Waals surface area contributed by atoms with Crippen molar-refractivity contribution in [1.82, 2.24) is 0 Å². The summed E-state index contributed by atoms with van der Waals surface area (Å²) >= 11 is 0. The smallest absolute Gasteiger partial charge is 0.330 e. The van der Waals surface area contributed by atoms with Crippen molar-refractivity contribution in [3.05, 3.63) is 23.3 Å². The monoisotopic (exact) mass is 182 g/mol. The lowest BCUT2D eigenvalue weighted by atomic mass is 10.1. The summed E-state index contributed by atoms with van der Waals surface area (Å²) in [7, 11) is 0. The molecule has 0 aliphatic heterocycles. The summed E-state index contributed by atoms with van der Waals surface area (Å²) in [6.45, 7) is 8.42. The second-order valence-electron chi connectivity index (χ2n) is 3.14. The summed E-state index contributed by atoms with van der Waals surface area (Å²) < 4.78 is 4.74. The third-order valence-electron chi connectivity index (χ3n) is 1.82. The Morgan fingerprint density at radius 3 is 2.38 bits per heavy atom. The molecular weight excluding hydrogens is 164 g/mol. The minimum atomic E-state index is -0.260. The van der Waals surface area contributed by atoms with Crippen molar-refractivity contribution < 1.29 is 9.53 Å². The second-order valence-corrected chi connectivity index (χ2v) is 3.14. The van der Waals surface area contributed by atoms with Gasteiger partial charge in [-0.3, -0.25) is 0 Å². The Hall–Kier alpha value is -1.05. The third-order valence-corrected chi connectivity index (χ3v) is 1.82. The summed E-state index contributed by atoms with van der Waals surface area (Å²) in [5.74, 6) is -0.260. The highest BCUT2D eigenvalue weighted by molar-refractivity contribution is 5.81. The zero-order valence-corrected chi connectivity index (χ0v) is 8.89. The quantitative estimate of drug-likeness (QED) is 0.379. The van der Waals surface area contributed by atoms with Crippen LogP contribution in [0.4, 0.5) is 0 Å². The summed E-state index contributed by atoms with van der Waals surface area (Å²) in [4.78, 5) is 10.9. The molecule has 0 bridgehead atoms. The van der Waals surface area contributed by atoms with Crippen molar-refractivity contribution in [2.24, 2.45) is 0 Å². The zero-order valence-electron chi connectivity index (χ0n) is 8.89. The van der Waals surface area contributed by atoms with Gasteiger partial charge in [-0.15, -0.1) is 0 Å². The number of esters is 1. The number of rotatable bonds is 4. The van der Waals surface area contributed by atoms with E-state index in [1.54, 1.807) is 6.92 Å². The maximum absolute atomic E-state index is 10.9. The highest BCUT2D eigenvalue weighted by atomic mass is 16.5. The van der Waals surface area contributed by atoms with E-state index in [9.17, 15) is 4.79 Å². The third kappa shape index (κ3) is 6.14. The van der Waals surface area contributed by atoms with Crippen LogP contribution < -0.4 is 0 Å². The molecule has 0 spiro atoms. The number of carbonyl (C=O) groups excluding carboxylic acids is 1. The average Bonchev–Trinajstić information content (AvgIpc) is 2.04. The molecule has 0 atom stereocenters. The maximum Gasteiger partial charge on any atom is 0.330 e. The summed E-state index contributed by atoms with van der Waals surface area (Å²) in [6, 6.07) is 0. The predicted molar refractivity (Wildman–Crippen MR) is 54.4 cm³/mol. The Kier molecular flexibility index (Phi) is 5.94. The van der Waals surface area contributed by atoms with Crippen LogP contribution in [0.5, 0.6) is 0 Å². The number of allylic oxidation sites excluding steroid dienone is 3. The van der Waals surface area contributed by atoms with E-state index in [1.807, 2.05) is 6.08 Å². The number of carbonyl (C=O) groups is 1. The number of ether oxygens (including phenoxy) is 1. The van der Waals surface area contributed by atoms with Gasteiger partial charge in [0.1, 0.15) is 0 Å². The molecule has 0 radical (unpaired) electrons. The first-order valence-corrected chi connectivity index (χ1v) is 4.54. The van der Waals surface area contributed by atoms with Gasteiger partial charge in [0.25, 0.3) is 0 Å². The first kappa shape index (κ1) is 11.9. The Morgan fingerprint density at radius 2 is 1.92 bits per heavy atom. The van der Waals surface area contributed by atoms with E-state index in [1.165, 1.54) is 17.2 Å². The van der Waals surface area contributed by atoms with Crippen LogP contribution in [0.3, 0.4) is 0 Å². The summed E-state index contributed by atoms with van der Waals surface area (Å²) in [6.07, 6.45) is 4.14. The van der Waals surface area contributed by atoms with Crippen LogP contribution in [0.2, 0.25) is 0 Å². The molecular formula is C11H18O2. The molecule has 0 aromatic heterocycles. The lowest BCUT2D eigenvalue weighted by molar-refractivity contribution is -0.137. The predicted octanol–water partition coefficient (Wildman–Crippen LogP) is 2.85. The summed E-state index contributed by atoms with van der Waals surface area (Å²) in [5, 5.41) is 0. The minimum Gasteiger partial charge on any atom is -0.463 e. The van der Waals surface area contributed by atoms with Gasteiger partial charge in [-0.1, -0.05) is 17.2 Å². The maximum atomic E-state index is 10.9. The second kappa shape index (κ2) is 6.46.